The Balaban J connectivity index is 1.62. The summed E-state index contributed by atoms with van der Waals surface area (Å²) < 4.78 is 4.98. The zero-order valence-electron chi connectivity index (χ0n) is 13.9. The van der Waals surface area contributed by atoms with Gasteiger partial charge in [0.05, 0.1) is 30.8 Å². The van der Waals surface area contributed by atoms with E-state index in [0.717, 1.165) is 31.8 Å². The third kappa shape index (κ3) is 3.79. The summed E-state index contributed by atoms with van der Waals surface area (Å²) in [5.41, 5.74) is 1.01. The summed E-state index contributed by atoms with van der Waals surface area (Å²) in [6.07, 6.45) is 7.06. The zero-order chi connectivity index (χ0) is 16.9. The zero-order valence-corrected chi connectivity index (χ0v) is 13.9. The van der Waals surface area contributed by atoms with Crippen molar-refractivity contribution in [3.05, 3.63) is 36.3 Å². The number of hydrogen-bond acceptors (Lipinski definition) is 6. The molecule has 7 nitrogen and oxygen atoms in total. The number of aromatic nitrogens is 3. The number of nitrogens with zero attached hydrogens (tertiary/aromatic N) is 4. The van der Waals surface area contributed by atoms with Crippen LogP contribution in [-0.2, 0) is 0 Å². The third-order valence-electron chi connectivity index (χ3n) is 4.17. The van der Waals surface area contributed by atoms with E-state index in [1.54, 1.807) is 24.5 Å². The predicted octanol–water partition coefficient (Wildman–Crippen LogP) is 2.37. The van der Waals surface area contributed by atoms with E-state index in [1.807, 2.05) is 0 Å². The lowest BCUT2D eigenvalue weighted by atomic mass is 10.00. The van der Waals surface area contributed by atoms with Gasteiger partial charge in [-0.25, -0.2) is 15.0 Å². The molecule has 1 fully saturated rings. The summed E-state index contributed by atoms with van der Waals surface area (Å²) >= 11 is 0. The van der Waals surface area contributed by atoms with Gasteiger partial charge in [0.15, 0.2) is 0 Å². The fourth-order valence-corrected chi connectivity index (χ4v) is 2.60. The molecule has 0 spiro atoms. The van der Waals surface area contributed by atoms with Crippen molar-refractivity contribution in [1.82, 2.24) is 15.0 Å². The summed E-state index contributed by atoms with van der Waals surface area (Å²) in [4.78, 5) is 27.1. The van der Waals surface area contributed by atoms with Gasteiger partial charge >= 0.3 is 0 Å². The van der Waals surface area contributed by atoms with Crippen molar-refractivity contribution < 1.29 is 9.53 Å². The Kier molecular flexibility index (Phi) is 4.88. The Bertz CT molecular complexity index is 679. The largest absolute Gasteiger partial charge is 0.481 e. The number of ether oxygens (including phenoxy) is 1. The van der Waals surface area contributed by atoms with Gasteiger partial charge in [-0.1, -0.05) is 6.92 Å². The molecule has 1 saturated heterocycles. The molecule has 0 radical (unpaired) electrons. The van der Waals surface area contributed by atoms with Gasteiger partial charge in [0, 0.05) is 25.4 Å². The topological polar surface area (TPSA) is 80.2 Å². The van der Waals surface area contributed by atoms with Crippen LogP contribution in [0, 0.1) is 5.92 Å². The molecule has 3 heterocycles. The highest BCUT2D eigenvalue weighted by Gasteiger charge is 2.18. The van der Waals surface area contributed by atoms with Crippen LogP contribution in [0.4, 0.5) is 11.6 Å². The van der Waals surface area contributed by atoms with Crippen LogP contribution in [0.5, 0.6) is 5.88 Å². The Morgan fingerprint density at radius 1 is 1.17 bits per heavy atom. The van der Waals surface area contributed by atoms with Crippen molar-refractivity contribution in [2.75, 3.05) is 30.4 Å². The van der Waals surface area contributed by atoms with Crippen molar-refractivity contribution in [2.24, 2.45) is 5.92 Å². The smallest absolute Gasteiger partial charge is 0.257 e. The second-order valence-electron chi connectivity index (χ2n) is 5.98. The molecule has 2 aromatic heterocycles. The quantitative estimate of drug-likeness (QED) is 0.928. The molecule has 3 rings (SSSR count). The van der Waals surface area contributed by atoms with Gasteiger partial charge in [-0.2, -0.15) is 0 Å². The molecule has 0 aliphatic carbocycles. The van der Waals surface area contributed by atoms with Crippen molar-refractivity contribution >= 4 is 17.5 Å². The molecule has 1 amide bonds. The van der Waals surface area contributed by atoms with Crippen molar-refractivity contribution in [1.29, 1.82) is 0 Å². The molecule has 24 heavy (non-hydrogen) atoms. The average molecular weight is 327 g/mol. The van der Waals surface area contributed by atoms with Crippen molar-refractivity contribution in [3.63, 3.8) is 0 Å². The first-order valence-electron chi connectivity index (χ1n) is 8.04. The van der Waals surface area contributed by atoms with E-state index in [1.165, 1.54) is 13.3 Å². The predicted molar refractivity (Wildman–Crippen MR) is 91.4 cm³/mol. The number of piperidine rings is 1. The van der Waals surface area contributed by atoms with E-state index in [2.05, 4.69) is 32.1 Å². The Morgan fingerprint density at radius 2 is 1.88 bits per heavy atom. The maximum absolute atomic E-state index is 12.2. The molecule has 7 heteroatoms. The minimum atomic E-state index is -0.256. The number of anilines is 2. The fourth-order valence-electron chi connectivity index (χ4n) is 2.60. The molecule has 126 valence electrons. The van der Waals surface area contributed by atoms with E-state index in [0.29, 0.717) is 23.1 Å². The molecule has 1 aliphatic heterocycles. The van der Waals surface area contributed by atoms with Gasteiger partial charge in [0.2, 0.25) is 11.8 Å². The second kappa shape index (κ2) is 7.25. The fraction of sp³-hybridized carbons (Fsp3) is 0.412. The van der Waals surface area contributed by atoms with Gasteiger partial charge < -0.3 is 15.0 Å². The first-order valence-corrected chi connectivity index (χ1v) is 8.04. The lowest BCUT2D eigenvalue weighted by Crippen LogP contribution is -2.34. The molecule has 0 bridgehead atoms. The Morgan fingerprint density at radius 3 is 2.46 bits per heavy atom. The maximum atomic E-state index is 12.2. The number of nitrogens with one attached hydrogen (secondary N) is 1. The number of carbonyl (C=O) groups is 1. The highest BCUT2D eigenvalue weighted by molar-refractivity contribution is 6.03. The molecule has 0 atom stereocenters. The Hall–Kier alpha value is -2.70. The summed E-state index contributed by atoms with van der Waals surface area (Å²) in [6.45, 7) is 4.22. The van der Waals surface area contributed by atoms with Gasteiger partial charge in [-0.15, -0.1) is 0 Å². The number of amides is 1. The van der Waals surface area contributed by atoms with Crippen LogP contribution >= 0.6 is 0 Å². The highest BCUT2D eigenvalue weighted by Crippen LogP contribution is 2.20. The third-order valence-corrected chi connectivity index (χ3v) is 4.17. The van der Waals surface area contributed by atoms with Crippen molar-refractivity contribution in [3.8, 4) is 5.88 Å². The van der Waals surface area contributed by atoms with E-state index in [4.69, 9.17) is 4.74 Å². The average Bonchev–Trinajstić information content (AvgIpc) is 2.63. The molecule has 0 unspecified atom stereocenters. The standard InChI is InChI=1S/C17H21N5O2/c1-12-5-7-22(8-6-12)17-19-10-14(11-20-17)21-16(23)13-3-4-15(24-2)18-9-13/h3-4,9-12H,5-8H2,1-2H3,(H,21,23). The molecular weight excluding hydrogens is 306 g/mol. The monoisotopic (exact) mass is 327 g/mol. The van der Waals surface area contributed by atoms with Crippen LogP contribution < -0.4 is 15.0 Å². The van der Waals surface area contributed by atoms with Crippen LogP contribution in [0.1, 0.15) is 30.1 Å². The van der Waals surface area contributed by atoms with Crippen LogP contribution in [0.25, 0.3) is 0 Å². The molecular formula is C17H21N5O2. The maximum Gasteiger partial charge on any atom is 0.257 e. The minimum absolute atomic E-state index is 0.256. The second-order valence-corrected chi connectivity index (χ2v) is 5.98. The molecule has 1 N–H and O–H groups in total. The van der Waals surface area contributed by atoms with Crippen LogP contribution in [0.2, 0.25) is 0 Å². The van der Waals surface area contributed by atoms with E-state index < -0.39 is 0 Å². The number of rotatable bonds is 4. The summed E-state index contributed by atoms with van der Waals surface area (Å²) in [7, 11) is 1.53. The minimum Gasteiger partial charge on any atom is -0.481 e. The van der Waals surface area contributed by atoms with E-state index >= 15 is 0 Å². The Labute approximate surface area is 141 Å². The number of methoxy groups -OCH3 is 1. The molecule has 0 saturated carbocycles. The number of hydrogen-bond donors (Lipinski definition) is 1. The normalized spacial score (nSPS) is 15.2. The summed E-state index contributed by atoms with van der Waals surface area (Å²) in [5, 5.41) is 2.77. The van der Waals surface area contributed by atoms with Crippen LogP contribution in [0.3, 0.4) is 0 Å². The first-order chi connectivity index (χ1) is 11.7. The van der Waals surface area contributed by atoms with Crippen molar-refractivity contribution in [2.45, 2.75) is 19.8 Å². The molecule has 1 aliphatic rings. The summed E-state index contributed by atoms with van der Waals surface area (Å²) in [6, 6.07) is 3.30. The molecule has 2 aromatic rings. The molecule has 0 aromatic carbocycles. The van der Waals surface area contributed by atoms with Gasteiger partial charge in [-0.05, 0) is 24.8 Å². The lowest BCUT2D eigenvalue weighted by Gasteiger charge is -2.30. The van der Waals surface area contributed by atoms with Gasteiger partial charge in [-0.3, -0.25) is 4.79 Å². The van der Waals surface area contributed by atoms with Crippen LogP contribution in [0.15, 0.2) is 30.7 Å². The highest BCUT2D eigenvalue weighted by atomic mass is 16.5. The van der Waals surface area contributed by atoms with E-state index in [9.17, 15) is 4.79 Å². The number of pyridine rings is 1. The lowest BCUT2D eigenvalue weighted by molar-refractivity contribution is 0.102. The van der Waals surface area contributed by atoms with Gasteiger partial charge in [0.1, 0.15) is 0 Å². The summed E-state index contributed by atoms with van der Waals surface area (Å²) in [5.74, 6) is 1.69. The van der Waals surface area contributed by atoms with Gasteiger partial charge in [0.25, 0.3) is 5.91 Å². The number of carbonyl (C=O) groups excluding carboxylic acids is 1. The van der Waals surface area contributed by atoms with E-state index in [-0.39, 0.29) is 5.91 Å². The first kappa shape index (κ1) is 16.2. The van der Waals surface area contributed by atoms with Crippen LogP contribution in [-0.4, -0.2) is 41.1 Å². The SMILES string of the molecule is COc1ccc(C(=O)Nc2cnc(N3CCC(C)CC3)nc2)cn1.